The molecule has 5 nitrogen and oxygen atoms in total. The molecule has 1 saturated carbocycles. The van der Waals surface area contributed by atoms with Crippen LogP contribution >= 0.6 is 0 Å². The maximum absolute atomic E-state index is 5.79. The fourth-order valence-electron chi connectivity index (χ4n) is 3.47. The summed E-state index contributed by atoms with van der Waals surface area (Å²) in [6.07, 6.45) is 7.83. The molecule has 0 atom stereocenters. The number of aryl methyl sites for hydroxylation is 1. The summed E-state index contributed by atoms with van der Waals surface area (Å²) < 4.78 is 13.7. The minimum absolute atomic E-state index is 0.295. The number of fused-ring (bicyclic) bond motifs is 1. The molecule has 1 aliphatic heterocycles. The predicted molar refractivity (Wildman–Crippen MR) is 74.4 cm³/mol. The zero-order valence-electron chi connectivity index (χ0n) is 11.7. The highest BCUT2D eigenvalue weighted by Gasteiger charge is 2.41. The van der Waals surface area contributed by atoms with Crippen LogP contribution in [0.4, 0.5) is 0 Å². The quantitative estimate of drug-likeness (QED) is 0.801. The lowest BCUT2D eigenvalue weighted by atomic mass is 9.90. The molecule has 1 aliphatic carbocycles. The number of hydrogen-bond acceptors (Lipinski definition) is 4. The number of aromatic nitrogens is 3. The van der Waals surface area contributed by atoms with Crippen LogP contribution in [0, 0.1) is 6.92 Å². The van der Waals surface area contributed by atoms with Crippen LogP contribution in [-0.4, -0.2) is 33.8 Å². The van der Waals surface area contributed by atoms with E-state index in [-0.39, 0.29) is 5.79 Å². The van der Waals surface area contributed by atoms with Crippen molar-refractivity contribution in [3.05, 3.63) is 24.2 Å². The molecule has 20 heavy (non-hydrogen) atoms. The van der Waals surface area contributed by atoms with Crippen LogP contribution in [0.25, 0.3) is 10.9 Å². The van der Waals surface area contributed by atoms with Crippen LogP contribution < -0.4 is 0 Å². The molecule has 2 fully saturated rings. The SMILES string of the molecule is Cc1nccc2c1cnn2C1CCC2(CC1)OCCO2. The molecule has 106 valence electrons. The summed E-state index contributed by atoms with van der Waals surface area (Å²) in [4.78, 5) is 4.33. The lowest BCUT2D eigenvalue weighted by molar-refractivity contribution is -0.181. The van der Waals surface area contributed by atoms with Crippen LogP contribution in [0.2, 0.25) is 0 Å². The van der Waals surface area contributed by atoms with E-state index in [9.17, 15) is 0 Å². The molecule has 1 saturated heterocycles. The van der Waals surface area contributed by atoms with E-state index in [1.54, 1.807) is 0 Å². The van der Waals surface area contributed by atoms with E-state index in [0.717, 1.165) is 50.0 Å². The molecule has 0 N–H and O–H groups in total. The summed E-state index contributed by atoms with van der Waals surface area (Å²) >= 11 is 0. The van der Waals surface area contributed by atoms with Crippen molar-refractivity contribution in [2.24, 2.45) is 0 Å². The summed E-state index contributed by atoms with van der Waals surface area (Å²) in [7, 11) is 0. The van der Waals surface area contributed by atoms with Crippen molar-refractivity contribution in [2.45, 2.75) is 44.4 Å². The van der Waals surface area contributed by atoms with Gasteiger partial charge in [0.25, 0.3) is 0 Å². The van der Waals surface area contributed by atoms with Gasteiger partial charge in [0.1, 0.15) is 0 Å². The lowest BCUT2D eigenvalue weighted by Crippen LogP contribution is -2.36. The molecule has 1 spiro atoms. The van der Waals surface area contributed by atoms with Gasteiger partial charge in [-0.15, -0.1) is 0 Å². The van der Waals surface area contributed by atoms with Gasteiger partial charge in [-0.05, 0) is 25.8 Å². The Hall–Kier alpha value is -1.46. The highest BCUT2D eigenvalue weighted by molar-refractivity contribution is 5.80. The van der Waals surface area contributed by atoms with E-state index >= 15 is 0 Å². The highest BCUT2D eigenvalue weighted by Crippen LogP contribution is 2.40. The maximum Gasteiger partial charge on any atom is 0.168 e. The first-order valence-electron chi connectivity index (χ1n) is 7.34. The second-order valence-electron chi connectivity index (χ2n) is 5.76. The lowest BCUT2D eigenvalue weighted by Gasteiger charge is -2.35. The normalized spacial score (nSPS) is 22.9. The first kappa shape index (κ1) is 12.3. The van der Waals surface area contributed by atoms with Crippen LogP contribution in [0.15, 0.2) is 18.5 Å². The third-order valence-corrected chi connectivity index (χ3v) is 4.60. The summed E-state index contributed by atoms with van der Waals surface area (Å²) in [6, 6.07) is 2.50. The molecule has 5 heteroatoms. The number of hydrogen-bond donors (Lipinski definition) is 0. The average Bonchev–Trinajstić information content (AvgIpc) is 3.09. The van der Waals surface area contributed by atoms with E-state index in [1.165, 1.54) is 5.52 Å². The highest BCUT2D eigenvalue weighted by atomic mass is 16.7. The van der Waals surface area contributed by atoms with Gasteiger partial charge in [0.2, 0.25) is 0 Å². The molecule has 2 aliphatic rings. The second-order valence-corrected chi connectivity index (χ2v) is 5.76. The zero-order chi connectivity index (χ0) is 13.6. The van der Waals surface area contributed by atoms with Gasteiger partial charge in [-0.1, -0.05) is 0 Å². The van der Waals surface area contributed by atoms with Crippen molar-refractivity contribution < 1.29 is 9.47 Å². The molecule has 2 aromatic rings. The Morgan fingerprint density at radius 2 is 2.00 bits per heavy atom. The maximum atomic E-state index is 5.79. The van der Waals surface area contributed by atoms with Gasteiger partial charge >= 0.3 is 0 Å². The topological polar surface area (TPSA) is 49.2 Å². The van der Waals surface area contributed by atoms with E-state index < -0.39 is 0 Å². The molecule has 0 radical (unpaired) electrons. The molecule has 2 aromatic heterocycles. The Kier molecular flexibility index (Phi) is 2.79. The molecular formula is C15H19N3O2. The largest absolute Gasteiger partial charge is 0.348 e. The van der Waals surface area contributed by atoms with Crippen molar-refractivity contribution in [1.82, 2.24) is 14.8 Å². The van der Waals surface area contributed by atoms with Crippen LogP contribution in [0.5, 0.6) is 0 Å². The summed E-state index contributed by atoms with van der Waals surface area (Å²) in [5.74, 6) is -0.295. The smallest absolute Gasteiger partial charge is 0.168 e. The van der Waals surface area contributed by atoms with Crippen molar-refractivity contribution in [3.63, 3.8) is 0 Å². The average molecular weight is 273 g/mol. The number of nitrogens with zero attached hydrogens (tertiary/aromatic N) is 3. The second kappa shape index (κ2) is 4.53. The van der Waals surface area contributed by atoms with Crippen molar-refractivity contribution in [1.29, 1.82) is 0 Å². The minimum atomic E-state index is -0.295. The van der Waals surface area contributed by atoms with Crippen molar-refractivity contribution in [3.8, 4) is 0 Å². The van der Waals surface area contributed by atoms with E-state index in [4.69, 9.17) is 9.47 Å². The molecule has 0 amide bonds. The van der Waals surface area contributed by atoms with Gasteiger partial charge in [-0.2, -0.15) is 5.10 Å². The first-order valence-corrected chi connectivity index (χ1v) is 7.34. The standard InChI is InChI=1S/C15H19N3O2/c1-11-13-10-17-18(14(13)4-7-16-11)12-2-5-15(6-3-12)19-8-9-20-15/h4,7,10,12H,2-3,5-6,8-9H2,1H3. The van der Waals surface area contributed by atoms with Gasteiger partial charge in [0.15, 0.2) is 5.79 Å². The number of ether oxygens (including phenoxy) is 2. The summed E-state index contributed by atoms with van der Waals surface area (Å²) in [5, 5.41) is 5.74. The fraction of sp³-hybridized carbons (Fsp3) is 0.600. The summed E-state index contributed by atoms with van der Waals surface area (Å²) in [5.41, 5.74) is 2.23. The molecule has 4 rings (SSSR count). The van der Waals surface area contributed by atoms with Crippen LogP contribution in [0.1, 0.15) is 37.4 Å². The monoisotopic (exact) mass is 273 g/mol. The van der Waals surface area contributed by atoms with E-state index in [1.807, 2.05) is 19.3 Å². The molecule has 0 bridgehead atoms. The van der Waals surface area contributed by atoms with Crippen LogP contribution in [0.3, 0.4) is 0 Å². The first-order chi connectivity index (χ1) is 9.77. The Morgan fingerprint density at radius 3 is 2.75 bits per heavy atom. The molecular weight excluding hydrogens is 254 g/mol. The fourth-order valence-corrected chi connectivity index (χ4v) is 3.47. The number of rotatable bonds is 1. The van der Waals surface area contributed by atoms with Crippen molar-refractivity contribution in [2.75, 3.05) is 13.2 Å². The van der Waals surface area contributed by atoms with E-state index in [0.29, 0.717) is 6.04 Å². The Bertz CT molecular complexity index is 621. The molecule has 3 heterocycles. The summed E-state index contributed by atoms with van der Waals surface area (Å²) in [6.45, 7) is 3.50. The van der Waals surface area contributed by atoms with Gasteiger partial charge in [0.05, 0.1) is 31.0 Å². The van der Waals surface area contributed by atoms with Gasteiger partial charge in [0, 0.05) is 30.1 Å². The Labute approximate surface area is 117 Å². The Morgan fingerprint density at radius 1 is 1.25 bits per heavy atom. The zero-order valence-corrected chi connectivity index (χ0v) is 11.7. The third kappa shape index (κ3) is 1.84. The van der Waals surface area contributed by atoms with Crippen molar-refractivity contribution >= 4 is 10.9 Å². The van der Waals surface area contributed by atoms with Crippen LogP contribution in [-0.2, 0) is 9.47 Å². The predicted octanol–water partition coefficient (Wildman–Crippen LogP) is 2.60. The van der Waals surface area contributed by atoms with E-state index in [2.05, 4.69) is 20.8 Å². The molecule has 0 unspecified atom stereocenters. The molecule has 0 aromatic carbocycles. The van der Waals surface area contributed by atoms with Gasteiger partial charge in [-0.3, -0.25) is 9.67 Å². The minimum Gasteiger partial charge on any atom is -0.348 e. The van der Waals surface area contributed by atoms with Gasteiger partial charge in [-0.25, -0.2) is 0 Å². The van der Waals surface area contributed by atoms with Gasteiger partial charge < -0.3 is 9.47 Å². The number of pyridine rings is 1. The Balaban J connectivity index is 1.60. The third-order valence-electron chi connectivity index (χ3n) is 4.60.